The van der Waals surface area contributed by atoms with Gasteiger partial charge in [0.2, 0.25) is 0 Å². The first-order chi connectivity index (χ1) is 39.6. The molecule has 0 aromatic heterocycles. The Kier molecular flexibility index (Phi) is 59.3. The zero-order valence-electron chi connectivity index (χ0n) is 53.2. The van der Waals surface area contributed by atoms with Crippen molar-refractivity contribution >= 4 is 17.9 Å². The van der Waals surface area contributed by atoms with Gasteiger partial charge in [0.15, 0.2) is 6.10 Å². The van der Waals surface area contributed by atoms with Crippen LogP contribution in [0.3, 0.4) is 0 Å². The van der Waals surface area contributed by atoms with E-state index in [1.807, 2.05) is 21.1 Å². The number of hydrogen-bond acceptors (Lipinski definition) is 7. The van der Waals surface area contributed by atoms with Gasteiger partial charge in [-0.05, 0) is 96.3 Å². The van der Waals surface area contributed by atoms with Crippen LogP contribution in [0.4, 0.5) is 0 Å². The number of likely N-dealkylation sites (N-methyl/N-ethyl adjacent to an activating group) is 1. The Balaban J connectivity index is 4.11. The molecule has 0 bridgehead atoms. The van der Waals surface area contributed by atoms with Gasteiger partial charge in [0, 0.05) is 12.8 Å². The molecule has 1 N–H and O–H groups in total. The molecule has 0 fully saturated rings. The maximum Gasteiger partial charge on any atom is 0.361 e. The van der Waals surface area contributed by atoms with Crippen molar-refractivity contribution in [3.05, 3.63) is 97.2 Å². The highest BCUT2D eigenvalue weighted by Gasteiger charge is 2.25. The summed E-state index contributed by atoms with van der Waals surface area (Å²) in [7, 11) is 5.97. The highest BCUT2D eigenvalue weighted by Crippen LogP contribution is 2.17. The van der Waals surface area contributed by atoms with Crippen LogP contribution >= 0.6 is 0 Å². The molecule has 466 valence electrons. The van der Waals surface area contributed by atoms with Crippen LogP contribution in [0, 0.1) is 0 Å². The molecule has 0 aromatic rings. The first kappa shape index (κ1) is 77.2. The number of carbonyl (C=O) groups excluding carboxylic acids is 2. The highest BCUT2D eigenvalue weighted by atomic mass is 16.7. The molecular weight excluding hydrogens is 1010 g/mol. The van der Waals surface area contributed by atoms with Gasteiger partial charge in [0.05, 0.1) is 34.4 Å². The fourth-order valence-electron chi connectivity index (χ4n) is 9.23. The lowest BCUT2D eigenvalue weighted by atomic mass is 10.0. The summed E-state index contributed by atoms with van der Waals surface area (Å²) in [6.45, 7) is 4.76. The highest BCUT2D eigenvalue weighted by molar-refractivity contribution is 5.71. The number of esters is 2. The average Bonchev–Trinajstić information content (AvgIpc) is 3.44. The van der Waals surface area contributed by atoms with Crippen molar-refractivity contribution in [3.8, 4) is 0 Å². The number of carbonyl (C=O) groups is 3. The predicted octanol–water partition coefficient (Wildman–Crippen LogP) is 20.5. The van der Waals surface area contributed by atoms with E-state index in [1.165, 1.54) is 161 Å². The molecule has 0 saturated carbocycles. The third-order valence-electron chi connectivity index (χ3n) is 14.3. The summed E-state index contributed by atoms with van der Waals surface area (Å²) < 4.78 is 22.9. The van der Waals surface area contributed by atoms with E-state index in [0.29, 0.717) is 11.0 Å². The van der Waals surface area contributed by atoms with Crippen LogP contribution in [0.1, 0.15) is 284 Å². The van der Waals surface area contributed by atoms with E-state index >= 15 is 0 Å². The molecule has 0 spiro atoms. The maximum absolute atomic E-state index is 12.9. The number of carboxylic acid groups (broad SMARTS) is 1. The second kappa shape index (κ2) is 62.3. The topological polar surface area (TPSA) is 108 Å². The van der Waals surface area contributed by atoms with E-state index < -0.39 is 24.3 Å². The first-order valence-electron chi connectivity index (χ1n) is 33.4. The standard InChI is InChI=1S/C72H125NO8/c1-6-8-10-12-14-16-18-20-22-24-26-28-29-30-31-32-33-34-35-36-37-38-39-40-41-43-45-47-49-51-53-55-57-59-61-63-70(75)81-68(67-80-72(71(76)77)78-65-64-73(3,4)5)66-79-69(74)62-60-58-56-54-52-50-48-46-44-42-27-25-23-21-19-17-15-13-11-9-7-2/h8,10,14,16,19-22,25-28,30-31,44,46,68,72H,6-7,9,11-13,15,17-18,23-24,29,32-43,45,47-67H2,1-5H3/p+1/b10-8-,16-14-,21-19-,22-20-,27-25-,28-26-,31-30-,46-44-. The van der Waals surface area contributed by atoms with Gasteiger partial charge < -0.3 is 28.5 Å². The summed E-state index contributed by atoms with van der Waals surface area (Å²) in [4.78, 5) is 37.5. The SMILES string of the molecule is CC/C=C\C/C=C\C/C=C\C/C=C\C/C=C\CCCCCCCCCCCCCCCCCCCCCC(=O)OC(COC(=O)CCCCCCCC/C=C\C/C=C\C/C=C\CCCCCCC)COC(OCC[N+](C)(C)C)C(=O)O. The van der Waals surface area contributed by atoms with E-state index in [0.717, 1.165) is 96.3 Å². The first-order valence-corrected chi connectivity index (χ1v) is 33.4. The minimum Gasteiger partial charge on any atom is -0.477 e. The second-order valence-electron chi connectivity index (χ2n) is 23.4. The molecule has 2 unspecified atom stereocenters. The van der Waals surface area contributed by atoms with E-state index in [2.05, 4.69) is 111 Å². The Morgan fingerprint density at radius 3 is 1.05 bits per heavy atom. The van der Waals surface area contributed by atoms with Crippen LogP contribution < -0.4 is 0 Å². The molecule has 9 heteroatoms. The molecule has 0 aromatic carbocycles. The number of hydrogen-bond donors (Lipinski definition) is 1. The summed E-state index contributed by atoms with van der Waals surface area (Å²) in [5.41, 5.74) is 0. The largest absolute Gasteiger partial charge is 0.477 e. The molecule has 0 heterocycles. The van der Waals surface area contributed by atoms with Crippen LogP contribution in [0.25, 0.3) is 0 Å². The van der Waals surface area contributed by atoms with Crippen LogP contribution in [0.15, 0.2) is 97.2 Å². The Morgan fingerprint density at radius 1 is 0.383 bits per heavy atom. The van der Waals surface area contributed by atoms with Crippen molar-refractivity contribution in [1.29, 1.82) is 0 Å². The molecule has 2 atom stereocenters. The Hall–Kier alpha value is -3.79. The van der Waals surface area contributed by atoms with Crippen molar-refractivity contribution in [2.24, 2.45) is 0 Å². The van der Waals surface area contributed by atoms with Crippen LogP contribution in [0.2, 0.25) is 0 Å². The predicted molar refractivity (Wildman–Crippen MR) is 345 cm³/mol. The van der Waals surface area contributed by atoms with Crippen molar-refractivity contribution in [3.63, 3.8) is 0 Å². The quantitative estimate of drug-likeness (QED) is 0.0211. The number of nitrogens with zero attached hydrogens (tertiary/aromatic N) is 1. The molecule has 0 amide bonds. The number of allylic oxidation sites excluding steroid dienone is 16. The minimum absolute atomic E-state index is 0.183. The van der Waals surface area contributed by atoms with Gasteiger partial charge in [-0.2, -0.15) is 0 Å². The summed E-state index contributed by atoms with van der Waals surface area (Å²) in [6.07, 6.45) is 82.2. The minimum atomic E-state index is -1.52. The van der Waals surface area contributed by atoms with E-state index in [-0.39, 0.29) is 38.6 Å². The smallest absolute Gasteiger partial charge is 0.361 e. The van der Waals surface area contributed by atoms with Gasteiger partial charge in [-0.3, -0.25) is 9.59 Å². The van der Waals surface area contributed by atoms with Gasteiger partial charge in [-0.15, -0.1) is 0 Å². The monoisotopic (exact) mass is 1130 g/mol. The van der Waals surface area contributed by atoms with Crippen molar-refractivity contribution in [2.75, 3.05) is 47.5 Å². The normalized spacial score (nSPS) is 13.3. The summed E-state index contributed by atoms with van der Waals surface area (Å²) >= 11 is 0. The van der Waals surface area contributed by atoms with Crippen molar-refractivity contribution < 1.29 is 42.9 Å². The molecule has 9 nitrogen and oxygen atoms in total. The number of rotatable bonds is 61. The lowest BCUT2D eigenvalue weighted by Crippen LogP contribution is -2.40. The molecule has 0 aliphatic carbocycles. The number of quaternary nitrogens is 1. The Labute approximate surface area is 499 Å². The zero-order chi connectivity index (χ0) is 59.1. The molecule has 0 rings (SSSR count). The number of unbranched alkanes of at least 4 members (excludes halogenated alkanes) is 30. The van der Waals surface area contributed by atoms with Crippen LogP contribution in [-0.4, -0.2) is 87.4 Å². The third kappa shape index (κ3) is 63.6. The Morgan fingerprint density at radius 2 is 0.704 bits per heavy atom. The molecule has 0 aliphatic rings. The summed E-state index contributed by atoms with van der Waals surface area (Å²) in [5.74, 6) is -2.02. The molecule has 81 heavy (non-hydrogen) atoms. The zero-order valence-corrected chi connectivity index (χ0v) is 53.2. The van der Waals surface area contributed by atoms with Gasteiger partial charge in [0.25, 0.3) is 6.29 Å². The van der Waals surface area contributed by atoms with E-state index in [9.17, 15) is 19.5 Å². The summed E-state index contributed by atoms with van der Waals surface area (Å²) in [5, 5.41) is 9.73. The van der Waals surface area contributed by atoms with E-state index in [4.69, 9.17) is 18.9 Å². The Bertz CT molecular complexity index is 1650. The van der Waals surface area contributed by atoms with Gasteiger partial charge in [-0.25, -0.2) is 4.79 Å². The van der Waals surface area contributed by atoms with Crippen molar-refractivity contribution in [1.82, 2.24) is 0 Å². The van der Waals surface area contributed by atoms with Gasteiger partial charge >= 0.3 is 17.9 Å². The lowest BCUT2D eigenvalue weighted by Gasteiger charge is -2.25. The number of carboxylic acids is 1. The molecule has 0 saturated heterocycles. The number of aliphatic carboxylic acids is 1. The van der Waals surface area contributed by atoms with Crippen LogP contribution in [0.5, 0.6) is 0 Å². The molecule has 0 aliphatic heterocycles. The van der Waals surface area contributed by atoms with Crippen molar-refractivity contribution in [2.45, 2.75) is 296 Å². The third-order valence-corrected chi connectivity index (χ3v) is 14.3. The number of ether oxygens (including phenoxy) is 4. The molecule has 0 radical (unpaired) electrons. The summed E-state index contributed by atoms with van der Waals surface area (Å²) in [6, 6.07) is 0. The fourth-order valence-corrected chi connectivity index (χ4v) is 9.23. The average molecular weight is 1130 g/mol. The fraction of sp³-hybridized carbons (Fsp3) is 0.736. The van der Waals surface area contributed by atoms with E-state index in [1.54, 1.807) is 0 Å². The van der Waals surface area contributed by atoms with Crippen LogP contribution in [-0.2, 0) is 33.3 Å². The van der Waals surface area contributed by atoms with Gasteiger partial charge in [0.1, 0.15) is 13.2 Å². The lowest BCUT2D eigenvalue weighted by molar-refractivity contribution is -0.870. The van der Waals surface area contributed by atoms with Gasteiger partial charge in [-0.1, -0.05) is 272 Å². The second-order valence-corrected chi connectivity index (χ2v) is 23.4. The molecular formula is C72H126NO8+. The maximum atomic E-state index is 12.9.